The normalized spacial score (nSPS) is 20.6. The van der Waals surface area contributed by atoms with Gasteiger partial charge in [-0.15, -0.1) is 11.6 Å². The predicted molar refractivity (Wildman–Crippen MR) is 86.2 cm³/mol. The molecule has 2 rings (SSSR count). The van der Waals surface area contributed by atoms with Crippen LogP contribution in [0.3, 0.4) is 0 Å². The topological polar surface area (TPSA) is 40.6 Å². The molecule has 1 aliphatic heterocycles. The number of nitrogens with zero attached hydrogens (tertiary/aromatic N) is 2. The Labute approximate surface area is 132 Å². The Hall–Kier alpha value is -0.620. The average Bonchev–Trinajstić information content (AvgIpc) is 2.42. The molecule has 1 aliphatic rings. The van der Waals surface area contributed by atoms with Crippen molar-refractivity contribution in [3.8, 4) is 0 Å². The van der Waals surface area contributed by atoms with Crippen LogP contribution in [0.4, 0.5) is 0 Å². The molecular formula is C15H23ClN2O2S. The molecule has 1 fully saturated rings. The highest BCUT2D eigenvalue weighted by Gasteiger charge is 2.37. The summed E-state index contributed by atoms with van der Waals surface area (Å²) < 4.78 is 27.5. The molecule has 0 amide bonds. The minimum Gasteiger partial charge on any atom is -0.299 e. The van der Waals surface area contributed by atoms with Gasteiger partial charge in [-0.1, -0.05) is 12.1 Å². The fraction of sp³-hybridized carbons (Fsp3) is 0.600. The first-order valence-corrected chi connectivity index (χ1v) is 9.03. The Bertz CT molecular complexity index is 629. The fourth-order valence-corrected chi connectivity index (χ4v) is 4.57. The monoisotopic (exact) mass is 330 g/mol. The summed E-state index contributed by atoms with van der Waals surface area (Å²) in [4.78, 5) is 2.57. The van der Waals surface area contributed by atoms with Gasteiger partial charge in [0.15, 0.2) is 0 Å². The van der Waals surface area contributed by atoms with Crippen molar-refractivity contribution in [2.24, 2.45) is 0 Å². The van der Waals surface area contributed by atoms with Crippen LogP contribution in [0.25, 0.3) is 0 Å². The lowest BCUT2D eigenvalue weighted by atomic mass is 10.0. The number of sulfonamides is 1. The molecule has 0 aliphatic carbocycles. The average molecular weight is 331 g/mol. The number of hydrogen-bond acceptors (Lipinski definition) is 3. The maximum atomic E-state index is 12.9. The SMILES string of the molecule is Cc1ccc(CCl)cc1S(=O)(=O)N1CCN(C)C(C)(C)C1. The zero-order valence-corrected chi connectivity index (χ0v) is 14.6. The third-order valence-electron chi connectivity index (χ3n) is 4.31. The van der Waals surface area contributed by atoms with Crippen molar-refractivity contribution in [3.05, 3.63) is 29.3 Å². The van der Waals surface area contributed by atoms with Crippen LogP contribution in [0.2, 0.25) is 0 Å². The van der Waals surface area contributed by atoms with Gasteiger partial charge in [-0.05, 0) is 45.0 Å². The fourth-order valence-electron chi connectivity index (χ4n) is 2.55. The largest absolute Gasteiger partial charge is 0.299 e. The smallest absolute Gasteiger partial charge is 0.243 e. The maximum absolute atomic E-state index is 12.9. The highest BCUT2D eigenvalue weighted by molar-refractivity contribution is 7.89. The zero-order valence-electron chi connectivity index (χ0n) is 13.1. The van der Waals surface area contributed by atoms with Crippen molar-refractivity contribution in [3.63, 3.8) is 0 Å². The van der Waals surface area contributed by atoms with E-state index < -0.39 is 10.0 Å². The molecule has 0 N–H and O–H groups in total. The van der Waals surface area contributed by atoms with E-state index in [0.29, 0.717) is 23.9 Å². The van der Waals surface area contributed by atoms with Crippen molar-refractivity contribution in [1.82, 2.24) is 9.21 Å². The van der Waals surface area contributed by atoms with E-state index in [2.05, 4.69) is 18.7 Å². The maximum Gasteiger partial charge on any atom is 0.243 e. The van der Waals surface area contributed by atoms with Gasteiger partial charge in [0.25, 0.3) is 0 Å². The lowest BCUT2D eigenvalue weighted by Gasteiger charge is -2.44. The Kier molecular flexibility index (Phi) is 4.69. The molecule has 118 valence electrons. The van der Waals surface area contributed by atoms with Crippen LogP contribution in [0, 0.1) is 6.92 Å². The lowest BCUT2D eigenvalue weighted by molar-refractivity contribution is 0.0801. The number of halogens is 1. The first-order chi connectivity index (χ1) is 9.68. The van der Waals surface area contributed by atoms with E-state index in [-0.39, 0.29) is 5.54 Å². The molecule has 1 saturated heterocycles. The number of piperazine rings is 1. The van der Waals surface area contributed by atoms with Crippen molar-refractivity contribution in [2.45, 2.75) is 37.1 Å². The molecule has 4 nitrogen and oxygen atoms in total. The van der Waals surface area contributed by atoms with Crippen molar-refractivity contribution in [2.75, 3.05) is 26.7 Å². The summed E-state index contributed by atoms with van der Waals surface area (Å²) in [7, 11) is -1.44. The van der Waals surface area contributed by atoms with Crippen molar-refractivity contribution in [1.29, 1.82) is 0 Å². The van der Waals surface area contributed by atoms with Crippen LogP contribution in [-0.4, -0.2) is 49.8 Å². The van der Waals surface area contributed by atoms with Crippen LogP contribution in [0.5, 0.6) is 0 Å². The first kappa shape index (κ1) is 16.7. The number of hydrogen-bond donors (Lipinski definition) is 0. The van der Waals surface area contributed by atoms with E-state index in [1.807, 2.05) is 26.1 Å². The summed E-state index contributed by atoms with van der Waals surface area (Å²) in [5, 5.41) is 0. The summed E-state index contributed by atoms with van der Waals surface area (Å²) in [6.45, 7) is 7.71. The molecule has 0 bridgehead atoms. The van der Waals surface area contributed by atoms with E-state index in [1.165, 1.54) is 0 Å². The summed E-state index contributed by atoms with van der Waals surface area (Å²) in [5.41, 5.74) is 1.43. The summed E-state index contributed by atoms with van der Waals surface area (Å²) in [6, 6.07) is 5.39. The highest BCUT2D eigenvalue weighted by Crippen LogP contribution is 2.27. The second-order valence-electron chi connectivity index (χ2n) is 6.31. The number of benzene rings is 1. The molecule has 1 heterocycles. The summed E-state index contributed by atoms with van der Waals surface area (Å²) in [6.07, 6.45) is 0. The van der Waals surface area contributed by atoms with Crippen LogP contribution in [0.1, 0.15) is 25.0 Å². The van der Waals surface area contributed by atoms with Crippen LogP contribution in [-0.2, 0) is 15.9 Å². The molecule has 0 saturated carbocycles. The summed E-state index contributed by atoms with van der Waals surface area (Å²) in [5.74, 6) is 0.316. The third-order valence-corrected chi connectivity index (χ3v) is 6.60. The quantitative estimate of drug-likeness (QED) is 0.799. The standard InChI is InChI=1S/C15H23ClN2O2S/c1-12-5-6-13(10-16)9-14(12)21(19,20)18-8-7-17(4)15(2,3)11-18/h5-6,9H,7-8,10-11H2,1-4H3. The van der Waals surface area contributed by atoms with E-state index in [0.717, 1.165) is 17.7 Å². The summed E-state index contributed by atoms with van der Waals surface area (Å²) >= 11 is 5.84. The Balaban J connectivity index is 2.39. The van der Waals surface area contributed by atoms with Gasteiger partial charge in [-0.3, -0.25) is 4.90 Å². The second-order valence-corrected chi connectivity index (χ2v) is 8.48. The van der Waals surface area contributed by atoms with Crippen LogP contribution in [0.15, 0.2) is 23.1 Å². The van der Waals surface area contributed by atoms with Gasteiger partial charge in [-0.25, -0.2) is 8.42 Å². The van der Waals surface area contributed by atoms with E-state index >= 15 is 0 Å². The Morgan fingerprint density at radius 2 is 1.95 bits per heavy atom. The van der Waals surface area contributed by atoms with Crippen molar-refractivity contribution >= 4 is 21.6 Å². The third kappa shape index (κ3) is 3.26. The van der Waals surface area contributed by atoms with E-state index in [1.54, 1.807) is 10.4 Å². The first-order valence-electron chi connectivity index (χ1n) is 7.05. The molecule has 1 aromatic rings. The van der Waals surface area contributed by atoms with Gasteiger partial charge in [0.05, 0.1) is 4.90 Å². The van der Waals surface area contributed by atoms with Crippen molar-refractivity contribution < 1.29 is 8.42 Å². The van der Waals surface area contributed by atoms with Gasteiger partial charge in [0.2, 0.25) is 10.0 Å². The van der Waals surface area contributed by atoms with E-state index in [9.17, 15) is 8.42 Å². The Morgan fingerprint density at radius 3 is 2.52 bits per heavy atom. The molecule has 21 heavy (non-hydrogen) atoms. The molecule has 0 spiro atoms. The van der Waals surface area contributed by atoms with E-state index in [4.69, 9.17) is 11.6 Å². The minimum atomic E-state index is -3.47. The van der Waals surface area contributed by atoms with Gasteiger partial charge in [0, 0.05) is 31.1 Å². The predicted octanol–water partition coefficient (Wildman–Crippen LogP) is 2.45. The molecule has 0 atom stereocenters. The van der Waals surface area contributed by atoms with Crippen LogP contribution >= 0.6 is 11.6 Å². The Morgan fingerprint density at radius 1 is 1.29 bits per heavy atom. The molecule has 0 unspecified atom stereocenters. The minimum absolute atomic E-state index is 0.163. The van der Waals surface area contributed by atoms with Gasteiger partial charge < -0.3 is 0 Å². The lowest BCUT2D eigenvalue weighted by Crippen LogP contribution is -2.58. The van der Waals surface area contributed by atoms with Gasteiger partial charge >= 0.3 is 0 Å². The number of aryl methyl sites for hydroxylation is 1. The number of alkyl halides is 1. The number of likely N-dealkylation sites (N-methyl/N-ethyl adjacent to an activating group) is 1. The number of rotatable bonds is 3. The van der Waals surface area contributed by atoms with Crippen LogP contribution < -0.4 is 0 Å². The van der Waals surface area contributed by atoms with Gasteiger partial charge in [-0.2, -0.15) is 4.31 Å². The highest BCUT2D eigenvalue weighted by atomic mass is 35.5. The molecular weight excluding hydrogens is 308 g/mol. The van der Waals surface area contributed by atoms with Gasteiger partial charge in [0.1, 0.15) is 0 Å². The molecule has 0 radical (unpaired) electrons. The molecule has 6 heteroatoms. The second kappa shape index (κ2) is 5.88. The molecule has 1 aromatic carbocycles. The zero-order chi connectivity index (χ0) is 15.8. The molecule has 0 aromatic heterocycles.